The van der Waals surface area contributed by atoms with Gasteiger partial charge in [-0.15, -0.1) is 0 Å². The van der Waals surface area contributed by atoms with Crippen molar-refractivity contribution in [1.29, 1.82) is 0 Å². The Bertz CT molecular complexity index is 2600. The highest BCUT2D eigenvalue weighted by molar-refractivity contribution is 7.99. The number of rotatable bonds is 5. The van der Waals surface area contributed by atoms with Crippen LogP contribution >= 0.6 is 11.8 Å². The molecule has 10 rings (SSSR count). The van der Waals surface area contributed by atoms with E-state index in [1.54, 1.807) is 16.7 Å². The first kappa shape index (κ1) is 35.0. The molecule has 2 heteroatoms. The zero-order chi connectivity index (χ0) is 37.4. The molecule has 1 fully saturated rings. The van der Waals surface area contributed by atoms with E-state index < -0.39 is 0 Å². The third kappa shape index (κ3) is 7.06. The Labute approximate surface area is 336 Å². The molecule has 2 N–H and O–H groups in total. The van der Waals surface area contributed by atoms with E-state index in [0.29, 0.717) is 24.2 Å². The number of hydrogen-bond donors (Lipinski definition) is 1. The molecular formula is C54H47NS. The molecule has 56 heavy (non-hydrogen) atoms. The second-order valence-corrected chi connectivity index (χ2v) is 17.3. The van der Waals surface area contributed by atoms with Crippen molar-refractivity contribution in [3.05, 3.63) is 202 Å². The molecule has 4 atom stereocenters. The molecular weight excluding hydrogens is 695 g/mol. The number of nitrogens with two attached hydrogens (primary N) is 1. The normalized spacial score (nSPS) is 20.4. The fraction of sp³-hybridized carbons (Fsp3) is 0.222. The molecule has 274 valence electrons. The van der Waals surface area contributed by atoms with Crippen LogP contribution in [-0.2, 0) is 25.7 Å². The van der Waals surface area contributed by atoms with Crippen molar-refractivity contribution in [2.24, 2.45) is 17.6 Å². The quantitative estimate of drug-likeness (QED) is 0.178. The predicted molar refractivity (Wildman–Crippen MR) is 236 cm³/mol. The van der Waals surface area contributed by atoms with Crippen LogP contribution in [0.1, 0.15) is 82.0 Å². The Balaban J connectivity index is 1.06. The van der Waals surface area contributed by atoms with Gasteiger partial charge in [0, 0.05) is 21.9 Å². The molecule has 4 aliphatic rings. The SMILES string of the molecule is N/C(=C\C(C#CCc1ccccc1)c1cccc(C2CC3=C(c4ccc5c(c4C2)Sc2cc4ccccc4cc2CCCC5)C2CC2C=C3)c1)c1ccccc1. The number of allylic oxidation sites excluding steroid dienone is 5. The summed E-state index contributed by atoms with van der Waals surface area (Å²) in [6, 6.07) is 49.0. The summed E-state index contributed by atoms with van der Waals surface area (Å²) in [5, 5.41) is 2.69. The second kappa shape index (κ2) is 15.2. The van der Waals surface area contributed by atoms with Crippen LogP contribution in [0.25, 0.3) is 22.0 Å². The average Bonchev–Trinajstić information content (AvgIpc) is 4.04. The van der Waals surface area contributed by atoms with Crippen LogP contribution < -0.4 is 5.73 Å². The van der Waals surface area contributed by atoms with E-state index in [0.717, 1.165) is 36.9 Å². The average molecular weight is 742 g/mol. The first-order valence-corrected chi connectivity index (χ1v) is 21.4. The lowest BCUT2D eigenvalue weighted by Gasteiger charge is -2.22. The number of benzene rings is 6. The van der Waals surface area contributed by atoms with Crippen LogP contribution in [0.3, 0.4) is 0 Å². The zero-order valence-corrected chi connectivity index (χ0v) is 32.7. The van der Waals surface area contributed by atoms with Crippen LogP contribution in [0.15, 0.2) is 167 Å². The third-order valence-electron chi connectivity index (χ3n) is 12.5. The van der Waals surface area contributed by atoms with Gasteiger partial charge in [0.15, 0.2) is 0 Å². The van der Waals surface area contributed by atoms with E-state index in [4.69, 9.17) is 5.73 Å². The van der Waals surface area contributed by atoms with Crippen molar-refractivity contribution < 1.29 is 0 Å². The van der Waals surface area contributed by atoms with Crippen molar-refractivity contribution in [3.8, 4) is 11.8 Å². The van der Waals surface area contributed by atoms with Gasteiger partial charge < -0.3 is 5.73 Å². The monoisotopic (exact) mass is 741 g/mol. The van der Waals surface area contributed by atoms with Gasteiger partial charge in [-0.2, -0.15) is 0 Å². The molecule has 1 saturated carbocycles. The van der Waals surface area contributed by atoms with Crippen molar-refractivity contribution >= 4 is 33.8 Å². The van der Waals surface area contributed by atoms with Crippen LogP contribution in [0.5, 0.6) is 0 Å². The summed E-state index contributed by atoms with van der Waals surface area (Å²) in [7, 11) is 0. The highest BCUT2D eigenvalue weighted by Crippen LogP contribution is 2.57. The summed E-state index contributed by atoms with van der Waals surface area (Å²) < 4.78 is 0. The lowest BCUT2D eigenvalue weighted by atomic mass is 9.85. The molecule has 0 amide bonds. The summed E-state index contributed by atoms with van der Waals surface area (Å²) in [6.45, 7) is 0. The smallest absolute Gasteiger partial charge is 0.0655 e. The molecule has 1 heterocycles. The van der Waals surface area contributed by atoms with Crippen molar-refractivity contribution in [1.82, 2.24) is 0 Å². The standard InChI is InChI=1S/C54H47NS/c55-51(37-16-5-2-6-17-37)34-42(22-11-15-36-13-3-1-4-14-36)40-23-12-24-41(29-40)47-31-46-26-25-44-32-49(44)53(46)48-28-27-38-18-7-10-21-45-30-39-19-8-9-20-43(39)35-52(45)56-54(38)50(48)33-47/h1-6,8-9,12-14,16-17,19-20,23-30,34-35,42,44,47,49H,7,10,15,18,21,31-33,55H2/b51-34-. The van der Waals surface area contributed by atoms with Crippen LogP contribution in [-0.4, -0.2) is 0 Å². The molecule has 3 aliphatic carbocycles. The van der Waals surface area contributed by atoms with E-state index in [9.17, 15) is 0 Å². The summed E-state index contributed by atoms with van der Waals surface area (Å²) >= 11 is 2.06. The maximum atomic E-state index is 6.80. The molecule has 0 radical (unpaired) electrons. The molecule has 4 unspecified atom stereocenters. The maximum Gasteiger partial charge on any atom is 0.0655 e. The van der Waals surface area contributed by atoms with Crippen LogP contribution in [0.2, 0.25) is 0 Å². The van der Waals surface area contributed by atoms with E-state index in [-0.39, 0.29) is 5.92 Å². The van der Waals surface area contributed by atoms with E-state index >= 15 is 0 Å². The van der Waals surface area contributed by atoms with Gasteiger partial charge in [-0.3, -0.25) is 0 Å². The Morgan fingerprint density at radius 2 is 1.54 bits per heavy atom. The lowest BCUT2D eigenvalue weighted by Crippen LogP contribution is -2.07. The predicted octanol–water partition coefficient (Wildman–Crippen LogP) is 12.9. The van der Waals surface area contributed by atoms with Crippen LogP contribution in [0.4, 0.5) is 0 Å². The highest BCUT2D eigenvalue weighted by Gasteiger charge is 2.44. The minimum atomic E-state index is -0.126. The molecule has 1 aliphatic heterocycles. The van der Waals surface area contributed by atoms with Crippen molar-refractivity contribution in [3.63, 3.8) is 0 Å². The third-order valence-corrected chi connectivity index (χ3v) is 13.8. The zero-order valence-electron chi connectivity index (χ0n) is 31.9. The number of fused-ring (bicyclic) bond motifs is 8. The first-order valence-electron chi connectivity index (χ1n) is 20.6. The highest BCUT2D eigenvalue weighted by atomic mass is 32.2. The van der Waals surface area contributed by atoms with E-state index in [1.165, 1.54) is 73.2 Å². The van der Waals surface area contributed by atoms with Gasteiger partial charge in [0.05, 0.1) is 5.92 Å². The van der Waals surface area contributed by atoms with Gasteiger partial charge in [-0.1, -0.05) is 163 Å². The molecule has 1 nitrogen and oxygen atoms in total. The fourth-order valence-electron chi connectivity index (χ4n) is 9.44. The number of aryl methyl sites for hydroxylation is 2. The van der Waals surface area contributed by atoms with Gasteiger partial charge in [-0.05, 0) is 141 Å². The Morgan fingerprint density at radius 3 is 2.38 bits per heavy atom. The topological polar surface area (TPSA) is 26.0 Å². The van der Waals surface area contributed by atoms with E-state index in [1.807, 2.05) is 18.2 Å². The second-order valence-electron chi connectivity index (χ2n) is 16.2. The Hall–Kier alpha value is -5.49. The summed E-state index contributed by atoms with van der Waals surface area (Å²) in [4.78, 5) is 2.95. The molecule has 0 bridgehead atoms. The van der Waals surface area contributed by atoms with Crippen molar-refractivity contribution in [2.75, 3.05) is 0 Å². The lowest BCUT2D eigenvalue weighted by molar-refractivity contribution is 0.675. The molecule has 6 aromatic rings. The van der Waals surface area contributed by atoms with Gasteiger partial charge >= 0.3 is 0 Å². The van der Waals surface area contributed by atoms with Gasteiger partial charge in [0.25, 0.3) is 0 Å². The van der Waals surface area contributed by atoms with E-state index in [2.05, 4.69) is 157 Å². The molecule has 0 aromatic heterocycles. The Kier molecular flexibility index (Phi) is 9.50. The summed E-state index contributed by atoms with van der Waals surface area (Å²) in [5.74, 6) is 8.76. The van der Waals surface area contributed by atoms with Gasteiger partial charge in [0.1, 0.15) is 0 Å². The first-order chi connectivity index (χ1) is 27.6. The number of hydrogen-bond acceptors (Lipinski definition) is 2. The van der Waals surface area contributed by atoms with Crippen molar-refractivity contribution in [2.45, 2.75) is 73.0 Å². The molecule has 0 saturated heterocycles. The van der Waals surface area contributed by atoms with Crippen LogP contribution in [0, 0.1) is 23.7 Å². The maximum absolute atomic E-state index is 6.80. The molecule has 6 aromatic carbocycles. The minimum absolute atomic E-state index is 0.126. The summed E-state index contributed by atoms with van der Waals surface area (Å²) in [6.07, 6.45) is 16.0. The molecule has 0 spiro atoms. The Morgan fingerprint density at radius 1 is 0.768 bits per heavy atom. The minimum Gasteiger partial charge on any atom is -0.398 e. The summed E-state index contributed by atoms with van der Waals surface area (Å²) in [5.41, 5.74) is 21.7. The van der Waals surface area contributed by atoms with Gasteiger partial charge in [0.2, 0.25) is 0 Å². The fourth-order valence-corrected chi connectivity index (χ4v) is 10.8. The largest absolute Gasteiger partial charge is 0.398 e. The van der Waals surface area contributed by atoms with Gasteiger partial charge in [-0.25, -0.2) is 0 Å².